The number of nitriles is 1. The summed E-state index contributed by atoms with van der Waals surface area (Å²) in [7, 11) is 0. The molecule has 1 aromatic carbocycles. The Bertz CT molecular complexity index is 3130. The number of pyridine rings is 2. The van der Waals surface area contributed by atoms with E-state index < -0.39 is 84.7 Å². The lowest BCUT2D eigenvalue weighted by molar-refractivity contribution is -0.145. The molecule has 4 aromatic rings. The van der Waals surface area contributed by atoms with Crippen LogP contribution >= 0.6 is 0 Å². The van der Waals surface area contributed by atoms with Crippen molar-refractivity contribution in [2.24, 2.45) is 0 Å². The van der Waals surface area contributed by atoms with Gasteiger partial charge in [0.2, 0.25) is 29.6 Å². The Morgan fingerprint density at radius 1 is 0.711 bits per heavy atom. The van der Waals surface area contributed by atoms with Gasteiger partial charge in [-0.05, 0) is 81.3 Å². The fraction of sp³-hybridized carbons (Fsp3) is 0.534. The van der Waals surface area contributed by atoms with Crippen LogP contribution in [-0.4, -0.2) is 259 Å². The number of halogens is 1. The Balaban J connectivity index is 0.912. The summed E-state index contributed by atoms with van der Waals surface area (Å²) in [6.45, 7) is 0.621. The zero-order valence-corrected chi connectivity index (χ0v) is 49.8. The van der Waals surface area contributed by atoms with E-state index in [1.165, 1.54) is 17.2 Å². The SMILES string of the molecule is N#C[C@@H]1CCCN1C(=O)CNC(=O)c1ccnc2ccc(OCCCNC(=O)CCc3cn(CCCC[C@H](NC(=O)c4ccc(F)nc4)C(=O)NCCNC(=O)CCC(C(=O)O)N4CCN(CC(=O)O)CCN(CC(=O)O)CCN(CC(=O)O)CC4)nn3)cc12. The largest absolute Gasteiger partial charge is 0.494 e. The van der Waals surface area contributed by atoms with Gasteiger partial charge in [-0.15, -0.1) is 5.10 Å². The van der Waals surface area contributed by atoms with Crippen LogP contribution in [0.1, 0.15) is 84.2 Å². The molecule has 31 nitrogen and oxygen atoms in total. The van der Waals surface area contributed by atoms with E-state index in [0.717, 1.165) is 18.7 Å². The van der Waals surface area contributed by atoms with E-state index in [0.29, 0.717) is 79.6 Å². The van der Waals surface area contributed by atoms with Crippen LogP contribution in [-0.2, 0) is 51.3 Å². The molecule has 3 atom stereocenters. The molecular weight excluding hydrogens is 1180 g/mol. The molecule has 6 amide bonds. The number of carbonyl (C=O) groups is 10. The Labute approximate surface area is 517 Å². The number of carbonyl (C=O) groups excluding carboxylic acids is 6. The highest BCUT2D eigenvalue weighted by Crippen LogP contribution is 2.24. The lowest BCUT2D eigenvalue weighted by Gasteiger charge is -2.35. The highest BCUT2D eigenvalue weighted by molar-refractivity contribution is 6.07. The Kier molecular flexibility index (Phi) is 28.1. The third-order valence-corrected chi connectivity index (χ3v) is 15.0. The lowest BCUT2D eigenvalue weighted by Crippen LogP contribution is -2.52. The van der Waals surface area contributed by atoms with Crippen LogP contribution in [0.25, 0.3) is 10.9 Å². The Morgan fingerprint density at radius 3 is 2.01 bits per heavy atom. The first-order chi connectivity index (χ1) is 43.2. The molecule has 0 radical (unpaired) electrons. The summed E-state index contributed by atoms with van der Waals surface area (Å²) in [6.07, 6.45) is 7.07. The molecule has 32 heteroatoms. The van der Waals surface area contributed by atoms with Gasteiger partial charge in [-0.2, -0.15) is 9.65 Å². The molecule has 2 fully saturated rings. The van der Waals surface area contributed by atoms with Crippen molar-refractivity contribution in [2.75, 3.05) is 111 Å². The van der Waals surface area contributed by atoms with E-state index in [9.17, 15) is 78.0 Å². The number of unbranched alkanes of at least 4 members (excludes halogenated alkanes) is 1. The number of aromatic nitrogens is 5. The average molecular weight is 1260 g/mol. The molecule has 3 aromatic heterocycles. The molecule has 2 aliphatic heterocycles. The van der Waals surface area contributed by atoms with Crippen molar-refractivity contribution in [1.82, 2.24) is 76.0 Å². The van der Waals surface area contributed by atoms with Crippen LogP contribution in [0.2, 0.25) is 0 Å². The van der Waals surface area contributed by atoms with Crippen molar-refractivity contribution in [2.45, 2.75) is 88.9 Å². The molecule has 0 bridgehead atoms. The maximum Gasteiger partial charge on any atom is 0.320 e. The minimum absolute atomic E-state index is 0.00367. The van der Waals surface area contributed by atoms with Gasteiger partial charge in [0.25, 0.3) is 11.8 Å². The van der Waals surface area contributed by atoms with E-state index in [1.54, 1.807) is 54.7 Å². The quantitative estimate of drug-likeness (QED) is 0.0205. The molecule has 9 N–H and O–H groups in total. The van der Waals surface area contributed by atoms with Crippen molar-refractivity contribution in [3.05, 3.63) is 77.8 Å². The minimum Gasteiger partial charge on any atom is -0.494 e. The van der Waals surface area contributed by atoms with Gasteiger partial charge in [0.15, 0.2) is 0 Å². The maximum atomic E-state index is 13.6. The van der Waals surface area contributed by atoms with Crippen molar-refractivity contribution in [1.29, 1.82) is 5.26 Å². The fourth-order valence-corrected chi connectivity index (χ4v) is 10.2. The number of amides is 6. The van der Waals surface area contributed by atoms with Crippen molar-refractivity contribution in [3.63, 3.8) is 0 Å². The molecular formula is C58H77FN16O15. The van der Waals surface area contributed by atoms with Gasteiger partial charge in [0, 0.05) is 128 Å². The standard InChI is InChI=1S/C58H77FN16O15/c59-48-12-7-39(33-65-48)55(85)67-46(57(87)64-19-18-63-50(77)14-11-47(58(88)89)73-28-26-71(37-53(81)82)24-22-70(36-52(79)80)23-25-72(27-29-73)38-54(83)84)6-1-2-20-74-35-40(68-69-74)8-13-49(76)62-16-4-30-90-42-9-10-45-44(31-42)43(15-17-61-45)56(86)66-34-51(78)75-21-3-5-41(75)32-60/h7,9-10,12,15,17,31,33,35,41,46-47H,1-6,8,11,13-14,16,18-30,34,36-38H2,(H,62,76)(H,63,77)(H,64,87)(H,66,86)(H,67,85)(H,79,80)(H,81,82)(H,83,84)(H,88,89)/t41-,46-,47?/m0/s1. The summed E-state index contributed by atoms with van der Waals surface area (Å²) >= 11 is 0. The first-order valence-electron chi connectivity index (χ1n) is 29.7. The molecule has 0 saturated carbocycles. The monoisotopic (exact) mass is 1260 g/mol. The second kappa shape index (κ2) is 36.2. The third-order valence-electron chi connectivity index (χ3n) is 15.0. The van der Waals surface area contributed by atoms with Crippen molar-refractivity contribution < 1.29 is 77.5 Å². The van der Waals surface area contributed by atoms with Crippen molar-refractivity contribution >= 4 is 70.2 Å². The first-order valence-corrected chi connectivity index (χ1v) is 29.7. The number of hydrogen-bond donors (Lipinski definition) is 9. The van der Waals surface area contributed by atoms with Crippen LogP contribution in [0.15, 0.2) is 55.0 Å². The van der Waals surface area contributed by atoms with Crippen LogP contribution in [0.5, 0.6) is 5.75 Å². The van der Waals surface area contributed by atoms with E-state index in [-0.39, 0.29) is 128 Å². The summed E-state index contributed by atoms with van der Waals surface area (Å²) in [5, 5.41) is 70.6. The van der Waals surface area contributed by atoms with Gasteiger partial charge in [0.1, 0.15) is 23.9 Å². The highest BCUT2D eigenvalue weighted by atomic mass is 19.1. The smallest absolute Gasteiger partial charge is 0.320 e. The van der Waals surface area contributed by atoms with E-state index in [4.69, 9.17) is 4.74 Å². The topological polar surface area (TPSA) is 417 Å². The number of aryl methyl sites for hydroxylation is 2. The maximum absolute atomic E-state index is 13.6. The number of nitrogens with zero attached hydrogens (tertiary/aromatic N) is 11. The zero-order valence-electron chi connectivity index (χ0n) is 49.8. The summed E-state index contributed by atoms with van der Waals surface area (Å²) in [6, 6.07) is 8.19. The number of benzene rings is 1. The number of carboxylic acid groups (broad SMARTS) is 4. The van der Waals surface area contributed by atoms with Crippen LogP contribution in [0, 0.1) is 17.3 Å². The van der Waals surface area contributed by atoms with Crippen LogP contribution in [0.4, 0.5) is 4.39 Å². The van der Waals surface area contributed by atoms with Gasteiger partial charge in [-0.3, -0.25) is 77.2 Å². The van der Waals surface area contributed by atoms with Gasteiger partial charge < -0.3 is 56.6 Å². The molecule has 0 spiro atoms. The number of fused-ring (bicyclic) bond motifs is 1. The molecule has 90 heavy (non-hydrogen) atoms. The van der Waals surface area contributed by atoms with E-state index >= 15 is 0 Å². The number of aliphatic carboxylic acids is 4. The Hall–Kier alpha value is -9.32. The molecule has 6 rings (SSSR count). The lowest BCUT2D eigenvalue weighted by atomic mass is 10.1. The second-order valence-electron chi connectivity index (χ2n) is 21.6. The second-order valence-corrected chi connectivity index (χ2v) is 21.6. The predicted molar refractivity (Wildman–Crippen MR) is 316 cm³/mol. The summed E-state index contributed by atoms with van der Waals surface area (Å²) < 4.78 is 21.1. The zero-order chi connectivity index (χ0) is 65.0. The van der Waals surface area contributed by atoms with Gasteiger partial charge in [-0.25, -0.2) is 4.98 Å². The van der Waals surface area contributed by atoms with E-state index in [2.05, 4.69) is 52.9 Å². The molecule has 2 saturated heterocycles. The highest BCUT2D eigenvalue weighted by Gasteiger charge is 2.31. The minimum atomic E-state index is -1.27. The summed E-state index contributed by atoms with van der Waals surface area (Å²) in [5.74, 6) is -7.83. The number of likely N-dealkylation sites (tertiary alicyclic amines) is 1. The van der Waals surface area contributed by atoms with Crippen LogP contribution < -0.4 is 31.3 Å². The molecule has 2 aliphatic rings. The Morgan fingerprint density at radius 2 is 1.37 bits per heavy atom. The molecule has 486 valence electrons. The number of carboxylic acids is 4. The number of nitrogens with one attached hydrogen (secondary N) is 5. The molecule has 0 aliphatic carbocycles. The predicted octanol–water partition coefficient (Wildman–Crippen LogP) is -0.967. The number of ether oxygens (including phenoxy) is 1. The fourth-order valence-electron chi connectivity index (χ4n) is 10.2. The van der Waals surface area contributed by atoms with Gasteiger partial charge >= 0.3 is 23.9 Å². The van der Waals surface area contributed by atoms with E-state index in [1.807, 2.05) is 0 Å². The molecule has 5 heterocycles. The first kappa shape index (κ1) is 69.8. The number of rotatable bonds is 33. The third kappa shape index (κ3) is 23.7. The normalized spacial score (nSPS) is 16.1. The molecule has 1 unspecified atom stereocenters. The summed E-state index contributed by atoms with van der Waals surface area (Å²) in [4.78, 5) is 142. The van der Waals surface area contributed by atoms with Crippen molar-refractivity contribution in [3.8, 4) is 11.8 Å². The van der Waals surface area contributed by atoms with Crippen LogP contribution in [0.3, 0.4) is 0 Å². The number of hydrogen-bond acceptors (Lipinski definition) is 20. The van der Waals surface area contributed by atoms with Gasteiger partial charge in [0.05, 0.1) is 61.2 Å². The summed E-state index contributed by atoms with van der Waals surface area (Å²) in [5.41, 5.74) is 1.43. The average Bonchev–Trinajstić information content (AvgIpc) is 1.36. The van der Waals surface area contributed by atoms with Gasteiger partial charge in [-0.1, -0.05) is 5.21 Å².